The van der Waals surface area contributed by atoms with Crippen molar-refractivity contribution in [3.8, 4) is 5.75 Å². The van der Waals surface area contributed by atoms with E-state index < -0.39 is 54.7 Å². The van der Waals surface area contributed by atoms with Gasteiger partial charge in [-0.1, -0.05) is 6.07 Å². The summed E-state index contributed by atoms with van der Waals surface area (Å²) >= 11 is 0. The number of nitrogens with one attached hydrogen (secondary N) is 2. The first-order chi connectivity index (χ1) is 15.9. The summed E-state index contributed by atoms with van der Waals surface area (Å²) < 4.78 is 26.0. The number of nitrogens with zero attached hydrogens (tertiary/aromatic N) is 2. The molecule has 7 atom stereocenters. The minimum atomic E-state index is -1.32. The molecule has 1 fully saturated rings. The predicted molar refractivity (Wildman–Crippen MR) is 115 cm³/mol. The summed E-state index contributed by atoms with van der Waals surface area (Å²) in [4.78, 5) is 8.17. The average Bonchev–Trinajstić information content (AvgIpc) is 3.16. The number of aromatic nitrogens is 2. The molecule has 4 bridgehead atoms. The molecule has 1 aliphatic carbocycles. The van der Waals surface area contributed by atoms with Crippen LogP contribution in [-0.4, -0.2) is 80.8 Å². The van der Waals surface area contributed by atoms with Gasteiger partial charge in [0.25, 0.3) is 0 Å². The summed E-state index contributed by atoms with van der Waals surface area (Å²) in [6.07, 6.45) is -3.44. The Balaban J connectivity index is 1.75. The molecular formula is C21H28FN5O6. The number of hydrogen-bond acceptors (Lipinski definition) is 11. The molecule has 3 unspecified atom stereocenters. The van der Waals surface area contributed by atoms with Gasteiger partial charge in [0, 0.05) is 23.6 Å². The number of halogens is 1. The molecule has 33 heavy (non-hydrogen) atoms. The van der Waals surface area contributed by atoms with Crippen molar-refractivity contribution in [2.24, 2.45) is 17.6 Å². The molecule has 1 saturated carbocycles. The normalized spacial score (nSPS) is 30.2. The van der Waals surface area contributed by atoms with E-state index in [1.54, 1.807) is 24.3 Å². The lowest BCUT2D eigenvalue weighted by Crippen LogP contribution is -2.47. The first-order valence-electron chi connectivity index (χ1n) is 10.7. The van der Waals surface area contributed by atoms with Crippen LogP contribution in [-0.2, 0) is 4.74 Å². The number of hydrogen-bond donors (Lipinski definition) is 7. The number of rotatable bonds is 4. The van der Waals surface area contributed by atoms with E-state index in [0.717, 1.165) is 6.20 Å². The fourth-order valence-corrected chi connectivity index (χ4v) is 4.54. The smallest absolute Gasteiger partial charge is 0.229 e. The van der Waals surface area contributed by atoms with E-state index in [1.165, 1.54) is 0 Å². The molecular weight excluding hydrogens is 437 g/mol. The zero-order valence-corrected chi connectivity index (χ0v) is 17.7. The Morgan fingerprint density at radius 2 is 2.15 bits per heavy atom. The highest BCUT2D eigenvalue weighted by Crippen LogP contribution is 2.40. The van der Waals surface area contributed by atoms with Crippen molar-refractivity contribution in [3.63, 3.8) is 0 Å². The lowest BCUT2D eigenvalue weighted by Gasteiger charge is -2.32. The van der Waals surface area contributed by atoms with Crippen LogP contribution in [0.5, 0.6) is 5.75 Å². The van der Waals surface area contributed by atoms with Crippen molar-refractivity contribution >= 4 is 17.5 Å². The number of aliphatic hydroxyl groups excluding tert-OH is 4. The molecule has 8 N–H and O–H groups in total. The van der Waals surface area contributed by atoms with E-state index in [0.29, 0.717) is 11.4 Å². The summed E-state index contributed by atoms with van der Waals surface area (Å²) in [6, 6.07) is 6.00. The zero-order valence-electron chi connectivity index (χ0n) is 17.7. The van der Waals surface area contributed by atoms with Gasteiger partial charge >= 0.3 is 0 Å². The maximum atomic E-state index is 14.7. The highest BCUT2D eigenvalue weighted by molar-refractivity contribution is 5.57. The van der Waals surface area contributed by atoms with Crippen LogP contribution in [0.3, 0.4) is 0 Å². The Labute approximate surface area is 189 Å². The largest absolute Gasteiger partial charge is 0.491 e. The van der Waals surface area contributed by atoms with Crippen LogP contribution in [0.15, 0.2) is 30.5 Å². The molecule has 0 radical (unpaired) electrons. The Kier molecular flexibility index (Phi) is 7.22. The molecule has 180 valence electrons. The van der Waals surface area contributed by atoms with Gasteiger partial charge in [0.2, 0.25) is 5.95 Å². The Morgan fingerprint density at radius 3 is 2.91 bits per heavy atom. The van der Waals surface area contributed by atoms with Crippen LogP contribution in [0.1, 0.15) is 6.42 Å². The summed E-state index contributed by atoms with van der Waals surface area (Å²) in [5.74, 6) is -1.70. The van der Waals surface area contributed by atoms with Crippen molar-refractivity contribution in [1.29, 1.82) is 0 Å². The van der Waals surface area contributed by atoms with Crippen LogP contribution in [0.4, 0.5) is 21.8 Å². The third-order valence-electron chi connectivity index (χ3n) is 6.14. The number of benzene rings is 1. The minimum Gasteiger partial charge on any atom is -0.491 e. The fraction of sp³-hybridized carbons (Fsp3) is 0.524. The van der Waals surface area contributed by atoms with Crippen molar-refractivity contribution in [1.82, 2.24) is 9.97 Å². The quantitative estimate of drug-likeness (QED) is 0.291. The predicted octanol–water partition coefficient (Wildman–Crippen LogP) is -0.455. The molecule has 1 aromatic heterocycles. The van der Waals surface area contributed by atoms with Gasteiger partial charge in [-0.3, -0.25) is 0 Å². The molecule has 1 aromatic carbocycles. The van der Waals surface area contributed by atoms with Crippen molar-refractivity contribution in [2.75, 3.05) is 30.6 Å². The van der Waals surface area contributed by atoms with Crippen LogP contribution in [0.25, 0.3) is 0 Å². The highest BCUT2D eigenvalue weighted by Gasteiger charge is 2.51. The van der Waals surface area contributed by atoms with Crippen LogP contribution in [0.2, 0.25) is 0 Å². The fourth-order valence-electron chi connectivity index (χ4n) is 4.54. The SMILES string of the molecule is NCOC1C([C@@H](O)CO)CC2[C@H]1Nc1nc(ncc1F)Nc1cccc(c1)OC[C@@H](O)[C@H]2O. The van der Waals surface area contributed by atoms with Gasteiger partial charge < -0.3 is 46.3 Å². The van der Waals surface area contributed by atoms with E-state index >= 15 is 0 Å². The number of fused-ring (bicyclic) bond motifs is 5. The van der Waals surface area contributed by atoms with Crippen molar-refractivity contribution in [3.05, 3.63) is 36.3 Å². The third-order valence-corrected chi connectivity index (χ3v) is 6.14. The maximum absolute atomic E-state index is 14.7. The van der Waals surface area contributed by atoms with E-state index in [-0.39, 0.29) is 31.5 Å². The molecule has 1 aliphatic heterocycles. The van der Waals surface area contributed by atoms with Gasteiger partial charge in [-0.15, -0.1) is 0 Å². The topological polar surface area (TPSA) is 175 Å². The summed E-state index contributed by atoms with van der Waals surface area (Å²) in [6.45, 7) is -0.957. The molecule has 2 aromatic rings. The van der Waals surface area contributed by atoms with Crippen LogP contribution < -0.4 is 21.1 Å². The number of ether oxygens (including phenoxy) is 2. The van der Waals surface area contributed by atoms with Crippen molar-refractivity contribution in [2.45, 2.75) is 36.9 Å². The number of anilines is 3. The summed E-state index contributed by atoms with van der Waals surface area (Å²) in [5, 5.41) is 47.5. The second-order valence-corrected chi connectivity index (χ2v) is 8.19. The second kappa shape index (κ2) is 10.1. The second-order valence-electron chi connectivity index (χ2n) is 8.19. The minimum absolute atomic E-state index is 0.117. The molecule has 0 amide bonds. The summed E-state index contributed by atoms with van der Waals surface area (Å²) in [7, 11) is 0. The van der Waals surface area contributed by atoms with Gasteiger partial charge in [0.1, 0.15) is 18.5 Å². The van der Waals surface area contributed by atoms with Gasteiger partial charge in [0.05, 0.1) is 43.9 Å². The average molecular weight is 465 g/mol. The lowest BCUT2D eigenvalue weighted by molar-refractivity contribution is -0.0462. The molecule has 2 heterocycles. The molecule has 12 heteroatoms. The molecule has 11 nitrogen and oxygen atoms in total. The van der Waals surface area contributed by atoms with E-state index in [9.17, 15) is 24.8 Å². The first-order valence-corrected chi connectivity index (χ1v) is 10.7. The molecule has 0 saturated heterocycles. The number of aliphatic hydroxyl groups is 4. The van der Waals surface area contributed by atoms with Gasteiger partial charge in [-0.2, -0.15) is 4.98 Å². The molecule has 4 rings (SSSR count). The van der Waals surface area contributed by atoms with Crippen molar-refractivity contribution < 1.29 is 34.3 Å². The monoisotopic (exact) mass is 465 g/mol. The zero-order chi connectivity index (χ0) is 23.5. The Bertz CT molecular complexity index is 955. The van der Waals surface area contributed by atoms with Gasteiger partial charge in [-0.25, -0.2) is 9.37 Å². The number of nitrogens with two attached hydrogens (primary N) is 1. The summed E-state index contributed by atoms with van der Waals surface area (Å²) in [5.41, 5.74) is 6.17. The van der Waals surface area contributed by atoms with E-state index in [1.807, 2.05) is 0 Å². The highest BCUT2D eigenvalue weighted by atomic mass is 19.1. The van der Waals surface area contributed by atoms with Crippen LogP contribution >= 0.6 is 0 Å². The van der Waals surface area contributed by atoms with Gasteiger partial charge in [-0.05, 0) is 18.6 Å². The van der Waals surface area contributed by atoms with E-state index in [2.05, 4.69) is 20.6 Å². The lowest BCUT2D eigenvalue weighted by atomic mass is 9.91. The molecule has 0 spiro atoms. The third kappa shape index (κ3) is 5.00. The first kappa shape index (κ1) is 23.5. The standard InChI is InChI=1S/C21H28FN5O6/c22-14-6-24-21-25-10-2-1-3-11(4-10)32-8-16(30)18(31)13-5-12(15(29)7-28)19(33-9-23)17(13)26-20(14)27-21/h1-4,6,12-13,15-19,28-31H,5,7-9,23H2,(H2,24,25,26,27)/t12?,13?,15-,16+,17+,18-,19?/m0/s1. The Morgan fingerprint density at radius 1 is 1.33 bits per heavy atom. The van der Waals surface area contributed by atoms with Gasteiger partial charge in [0.15, 0.2) is 11.6 Å². The van der Waals surface area contributed by atoms with Crippen LogP contribution in [0, 0.1) is 17.7 Å². The molecule has 2 aliphatic rings. The maximum Gasteiger partial charge on any atom is 0.229 e. The Hall–Kier alpha value is -2.61. The van der Waals surface area contributed by atoms with E-state index in [4.69, 9.17) is 15.2 Å².